The molecular formula is C17H25BN4O3. The van der Waals surface area contributed by atoms with Crippen LogP contribution in [0.25, 0.3) is 0 Å². The van der Waals surface area contributed by atoms with Gasteiger partial charge in [-0.1, -0.05) is 25.5 Å². The van der Waals surface area contributed by atoms with E-state index in [1.807, 2.05) is 6.92 Å². The average Bonchev–Trinajstić information content (AvgIpc) is 2.57. The van der Waals surface area contributed by atoms with Gasteiger partial charge in [0.05, 0.1) is 7.11 Å². The summed E-state index contributed by atoms with van der Waals surface area (Å²) in [5.41, 5.74) is 8.71. The summed E-state index contributed by atoms with van der Waals surface area (Å²) in [6.07, 6.45) is 2.59. The third kappa shape index (κ3) is 4.84. The molecule has 8 heteroatoms. The minimum atomic E-state index is -1.53. The van der Waals surface area contributed by atoms with E-state index in [-0.39, 0.29) is 5.95 Å². The van der Waals surface area contributed by atoms with Crippen LogP contribution in [0.1, 0.15) is 36.6 Å². The van der Waals surface area contributed by atoms with Gasteiger partial charge >= 0.3 is 7.12 Å². The summed E-state index contributed by atoms with van der Waals surface area (Å²) in [6.45, 7) is 4.81. The van der Waals surface area contributed by atoms with Gasteiger partial charge in [0.25, 0.3) is 0 Å². The average molecular weight is 344 g/mol. The van der Waals surface area contributed by atoms with Crippen molar-refractivity contribution >= 4 is 24.3 Å². The molecule has 0 radical (unpaired) electrons. The van der Waals surface area contributed by atoms with Gasteiger partial charge in [-0.05, 0) is 30.4 Å². The molecule has 0 saturated carbocycles. The van der Waals surface area contributed by atoms with Crippen LogP contribution in [0.2, 0.25) is 0 Å². The molecule has 0 saturated heterocycles. The quantitative estimate of drug-likeness (QED) is 0.415. The van der Waals surface area contributed by atoms with Crippen molar-refractivity contribution in [3.05, 3.63) is 35.0 Å². The maximum Gasteiger partial charge on any atom is 0.488 e. The molecule has 0 unspecified atom stereocenters. The zero-order chi connectivity index (χ0) is 18.4. The Bertz CT molecular complexity index is 725. The minimum Gasteiger partial charge on any atom is -0.496 e. The summed E-state index contributed by atoms with van der Waals surface area (Å²) < 4.78 is 5.41. The molecule has 25 heavy (non-hydrogen) atoms. The zero-order valence-corrected chi connectivity index (χ0v) is 14.9. The predicted molar refractivity (Wildman–Crippen MR) is 100 cm³/mol. The monoisotopic (exact) mass is 344 g/mol. The summed E-state index contributed by atoms with van der Waals surface area (Å²) in [5.74, 6) is 1.60. The van der Waals surface area contributed by atoms with E-state index in [1.54, 1.807) is 25.3 Å². The second-order valence-corrected chi connectivity index (χ2v) is 5.90. The molecule has 2 aromatic rings. The number of nitrogen functional groups attached to an aromatic ring is 1. The Morgan fingerprint density at radius 3 is 2.68 bits per heavy atom. The summed E-state index contributed by atoms with van der Waals surface area (Å²) in [6, 6.07) is 5.07. The lowest BCUT2D eigenvalue weighted by Crippen LogP contribution is -2.30. The van der Waals surface area contributed by atoms with Gasteiger partial charge in [0.2, 0.25) is 5.95 Å². The highest BCUT2D eigenvalue weighted by Gasteiger charge is 2.17. The van der Waals surface area contributed by atoms with E-state index in [1.165, 1.54) is 0 Å². The second-order valence-electron chi connectivity index (χ2n) is 5.90. The first-order chi connectivity index (χ1) is 12.0. The zero-order valence-electron chi connectivity index (χ0n) is 14.9. The normalized spacial score (nSPS) is 10.6. The number of aromatic nitrogens is 2. The first-order valence-corrected chi connectivity index (χ1v) is 8.36. The highest BCUT2D eigenvalue weighted by atomic mass is 16.5. The van der Waals surface area contributed by atoms with Crippen molar-refractivity contribution in [3.8, 4) is 5.75 Å². The highest BCUT2D eigenvalue weighted by molar-refractivity contribution is 6.58. The number of hydrogen-bond donors (Lipinski definition) is 4. The van der Waals surface area contributed by atoms with Crippen molar-refractivity contribution in [2.75, 3.05) is 24.7 Å². The van der Waals surface area contributed by atoms with Crippen molar-refractivity contribution in [2.45, 2.75) is 33.1 Å². The van der Waals surface area contributed by atoms with Gasteiger partial charge in [-0.2, -0.15) is 4.98 Å². The molecule has 2 rings (SSSR count). The minimum absolute atomic E-state index is 0.228. The maximum absolute atomic E-state index is 9.43. The van der Waals surface area contributed by atoms with Crippen LogP contribution in [0.3, 0.4) is 0 Å². The Morgan fingerprint density at radius 1 is 1.28 bits per heavy atom. The standard InChI is InChI=1S/C17H25BN4O3/c1-4-5-8-20-16-14(11(2)21-17(19)22-16)10-12-9-13(18(23)24)6-7-15(12)25-3/h6-7,9,23-24H,4-5,8,10H2,1-3H3,(H3,19,20,21,22). The smallest absolute Gasteiger partial charge is 0.488 e. The number of ether oxygens (including phenoxy) is 1. The number of nitrogens with one attached hydrogen (secondary N) is 1. The second kappa shape index (κ2) is 8.69. The van der Waals surface area contributed by atoms with E-state index in [0.717, 1.165) is 36.2 Å². The van der Waals surface area contributed by atoms with Crippen LogP contribution in [-0.2, 0) is 6.42 Å². The Hall–Kier alpha value is -2.32. The number of aryl methyl sites for hydroxylation is 1. The number of hydrogen-bond acceptors (Lipinski definition) is 7. The molecule has 0 fully saturated rings. The lowest BCUT2D eigenvalue weighted by atomic mass is 9.79. The molecule has 1 aromatic heterocycles. The summed E-state index contributed by atoms with van der Waals surface area (Å²) in [7, 11) is 0.0521. The fraction of sp³-hybridized carbons (Fsp3) is 0.412. The molecule has 5 N–H and O–H groups in total. The van der Waals surface area contributed by atoms with Crippen LogP contribution in [0.15, 0.2) is 18.2 Å². The molecule has 7 nitrogen and oxygen atoms in total. The molecule has 0 aliphatic carbocycles. The lowest BCUT2D eigenvalue weighted by molar-refractivity contribution is 0.410. The van der Waals surface area contributed by atoms with Crippen molar-refractivity contribution in [3.63, 3.8) is 0 Å². The number of anilines is 2. The number of unbranched alkanes of at least 4 members (excludes halogenated alkanes) is 1. The first-order valence-electron chi connectivity index (χ1n) is 8.36. The number of rotatable bonds is 8. The fourth-order valence-electron chi connectivity index (χ4n) is 2.65. The molecule has 134 valence electrons. The van der Waals surface area contributed by atoms with Crippen molar-refractivity contribution in [1.82, 2.24) is 9.97 Å². The van der Waals surface area contributed by atoms with Crippen LogP contribution >= 0.6 is 0 Å². The largest absolute Gasteiger partial charge is 0.496 e. The number of benzene rings is 1. The van der Waals surface area contributed by atoms with Gasteiger partial charge in [-0.25, -0.2) is 4.98 Å². The molecule has 0 bridgehead atoms. The summed E-state index contributed by atoms with van der Waals surface area (Å²) in [4.78, 5) is 8.59. The van der Waals surface area contributed by atoms with Crippen LogP contribution in [0, 0.1) is 6.92 Å². The SMILES string of the molecule is CCCCNc1nc(N)nc(C)c1Cc1cc(B(O)O)ccc1OC. The Labute approximate surface area is 148 Å². The highest BCUT2D eigenvalue weighted by Crippen LogP contribution is 2.26. The van der Waals surface area contributed by atoms with Crippen molar-refractivity contribution in [1.29, 1.82) is 0 Å². The summed E-state index contributed by atoms with van der Waals surface area (Å²) >= 11 is 0. The van der Waals surface area contributed by atoms with E-state index in [4.69, 9.17) is 10.5 Å². The van der Waals surface area contributed by atoms with E-state index in [9.17, 15) is 10.0 Å². The Kier molecular flexibility index (Phi) is 6.61. The van der Waals surface area contributed by atoms with Gasteiger partial charge in [-0.3, -0.25) is 0 Å². The van der Waals surface area contributed by atoms with Gasteiger partial charge in [0, 0.05) is 24.2 Å². The van der Waals surface area contributed by atoms with Crippen LogP contribution < -0.4 is 21.3 Å². The van der Waals surface area contributed by atoms with Crippen LogP contribution in [0.5, 0.6) is 5.75 Å². The van der Waals surface area contributed by atoms with E-state index < -0.39 is 7.12 Å². The predicted octanol–water partition coefficient (Wildman–Crippen LogP) is 0.858. The molecule has 0 spiro atoms. The van der Waals surface area contributed by atoms with Gasteiger partial charge < -0.3 is 25.8 Å². The van der Waals surface area contributed by atoms with Crippen molar-refractivity contribution < 1.29 is 14.8 Å². The molecular weight excluding hydrogens is 319 g/mol. The number of nitrogens with zero attached hydrogens (tertiary/aromatic N) is 2. The van der Waals surface area contributed by atoms with E-state index in [2.05, 4.69) is 22.2 Å². The van der Waals surface area contributed by atoms with E-state index >= 15 is 0 Å². The van der Waals surface area contributed by atoms with E-state index in [0.29, 0.717) is 23.5 Å². The van der Waals surface area contributed by atoms with Gasteiger partial charge in [-0.15, -0.1) is 0 Å². The third-order valence-electron chi connectivity index (χ3n) is 4.02. The molecule has 1 heterocycles. The number of methoxy groups -OCH3 is 1. The molecule has 0 aliphatic heterocycles. The summed E-state index contributed by atoms with van der Waals surface area (Å²) in [5, 5.41) is 22.2. The molecule has 0 amide bonds. The molecule has 0 aliphatic rings. The topological polar surface area (TPSA) is 114 Å². The molecule has 0 atom stereocenters. The molecule has 1 aromatic carbocycles. The van der Waals surface area contributed by atoms with Crippen LogP contribution in [0.4, 0.5) is 11.8 Å². The third-order valence-corrected chi connectivity index (χ3v) is 4.02. The maximum atomic E-state index is 9.43. The lowest BCUT2D eigenvalue weighted by Gasteiger charge is -2.16. The van der Waals surface area contributed by atoms with Gasteiger partial charge in [0.15, 0.2) is 0 Å². The van der Waals surface area contributed by atoms with Crippen LogP contribution in [-0.4, -0.2) is 40.8 Å². The Balaban J connectivity index is 2.40. The Morgan fingerprint density at radius 2 is 2.04 bits per heavy atom. The fourth-order valence-corrected chi connectivity index (χ4v) is 2.65. The first kappa shape index (κ1) is 19.0. The van der Waals surface area contributed by atoms with Crippen molar-refractivity contribution in [2.24, 2.45) is 0 Å². The van der Waals surface area contributed by atoms with Gasteiger partial charge in [0.1, 0.15) is 11.6 Å². The number of nitrogens with two attached hydrogens (primary N) is 1.